The van der Waals surface area contributed by atoms with E-state index in [0.717, 1.165) is 0 Å². The van der Waals surface area contributed by atoms with E-state index < -0.39 is 17.7 Å². The first kappa shape index (κ1) is 22.5. The quantitative estimate of drug-likeness (QED) is 0.354. The largest absolute Gasteiger partial charge is 0.494 e. The first-order valence-electron chi connectivity index (χ1n) is 9.81. The number of fused-ring (bicyclic) bond motifs is 1. The second kappa shape index (κ2) is 10.7. The van der Waals surface area contributed by atoms with Gasteiger partial charge in [0, 0.05) is 17.8 Å². The number of nitrogens with one attached hydrogen (secondary N) is 1. The zero-order chi connectivity index (χ0) is 21.3. The third-order valence-corrected chi connectivity index (χ3v) is 5.12. The fourth-order valence-electron chi connectivity index (χ4n) is 3.45. The fourth-order valence-corrected chi connectivity index (χ4v) is 3.45. The van der Waals surface area contributed by atoms with Crippen molar-refractivity contribution in [2.45, 2.75) is 51.4 Å². The number of nitriles is 1. The first-order chi connectivity index (χ1) is 14.0. The molecular weight excluding hydrogens is 372 g/mol. The Morgan fingerprint density at radius 1 is 1.38 bits per heavy atom. The summed E-state index contributed by atoms with van der Waals surface area (Å²) in [5, 5.41) is 23.7. The lowest BCUT2D eigenvalue weighted by Gasteiger charge is -2.45. The molecule has 0 fully saturated rings. The molecule has 0 saturated heterocycles. The van der Waals surface area contributed by atoms with Crippen LogP contribution in [0.25, 0.3) is 0 Å². The summed E-state index contributed by atoms with van der Waals surface area (Å²) in [5.74, 6) is 2.83. The van der Waals surface area contributed by atoms with Crippen molar-refractivity contribution in [2.24, 2.45) is 0 Å². The van der Waals surface area contributed by atoms with Crippen molar-refractivity contribution >= 4 is 5.94 Å². The van der Waals surface area contributed by atoms with Gasteiger partial charge in [-0.15, -0.1) is 0 Å². The summed E-state index contributed by atoms with van der Waals surface area (Å²) in [6.45, 7) is 6.56. The molecule has 2 atom stereocenters. The number of benzene rings is 1. The molecule has 0 spiro atoms. The van der Waals surface area contributed by atoms with Crippen LogP contribution >= 0.6 is 0 Å². The number of rotatable bonds is 10. The zero-order valence-corrected chi connectivity index (χ0v) is 17.1. The van der Waals surface area contributed by atoms with E-state index in [-0.39, 0.29) is 13.2 Å². The Bertz CT molecular complexity index is 804. The molecular formula is C22H28N2O5. The maximum atomic E-state index is 11.2. The second-order valence-corrected chi connectivity index (χ2v) is 6.71. The normalized spacial score (nSPS) is 19.9. The maximum absolute atomic E-state index is 11.2. The van der Waals surface area contributed by atoms with Crippen LogP contribution in [0, 0.1) is 11.3 Å². The van der Waals surface area contributed by atoms with Gasteiger partial charge in [0.25, 0.3) is 0 Å². The third kappa shape index (κ3) is 5.18. The molecule has 0 saturated carbocycles. The third-order valence-electron chi connectivity index (χ3n) is 5.12. The molecule has 1 aliphatic rings. The van der Waals surface area contributed by atoms with E-state index >= 15 is 0 Å². The number of nitrogens with zero attached hydrogens (tertiary/aromatic N) is 1. The van der Waals surface area contributed by atoms with Gasteiger partial charge in [-0.1, -0.05) is 13.8 Å². The van der Waals surface area contributed by atoms with Crippen LogP contribution < -0.4 is 10.1 Å². The number of hydrogen-bond acceptors (Lipinski definition) is 7. The second-order valence-electron chi connectivity index (χ2n) is 6.71. The standard InChI is InChI=1S/C22H28N2O5/c1-4-22(5-2)21(26)20(18-12-16(13-23)8-9-19(18)29-22)24-14-17(28-6-3)15-27-11-7-10-25/h7-9,12,14,20-21,24,26H,4-6,11,15H2,1-3H3/b17-14+/t20-,21+/m1/s1. The molecule has 1 heterocycles. The van der Waals surface area contributed by atoms with E-state index in [1.807, 2.05) is 20.8 Å². The van der Waals surface area contributed by atoms with E-state index in [1.54, 1.807) is 30.3 Å². The van der Waals surface area contributed by atoms with Gasteiger partial charge in [-0.2, -0.15) is 5.26 Å². The van der Waals surface area contributed by atoms with Crippen molar-refractivity contribution < 1.29 is 24.1 Å². The van der Waals surface area contributed by atoms with Gasteiger partial charge < -0.3 is 24.6 Å². The van der Waals surface area contributed by atoms with Gasteiger partial charge in [0.2, 0.25) is 0 Å². The molecule has 1 aromatic carbocycles. The molecule has 156 valence electrons. The molecule has 1 aromatic rings. The van der Waals surface area contributed by atoms with Crippen LogP contribution in [-0.4, -0.2) is 42.6 Å². The number of aliphatic hydroxyl groups excluding tert-OH is 1. The van der Waals surface area contributed by atoms with E-state index in [0.29, 0.717) is 42.1 Å². The van der Waals surface area contributed by atoms with Gasteiger partial charge in [-0.3, -0.25) is 0 Å². The van der Waals surface area contributed by atoms with Crippen LogP contribution in [0.5, 0.6) is 5.75 Å². The van der Waals surface area contributed by atoms with E-state index in [1.165, 1.54) is 6.08 Å². The molecule has 2 rings (SSSR count). The number of aliphatic hydroxyl groups is 1. The Labute approximate surface area is 171 Å². The van der Waals surface area contributed by atoms with Gasteiger partial charge in [-0.05, 0) is 38.0 Å². The lowest BCUT2D eigenvalue weighted by Crippen LogP contribution is -2.55. The van der Waals surface area contributed by atoms with Crippen molar-refractivity contribution in [3.63, 3.8) is 0 Å². The molecule has 0 amide bonds. The molecule has 7 heteroatoms. The highest BCUT2D eigenvalue weighted by atomic mass is 16.5. The highest BCUT2D eigenvalue weighted by molar-refractivity contribution is 5.47. The Morgan fingerprint density at radius 2 is 2.14 bits per heavy atom. The topological polar surface area (TPSA) is 101 Å². The van der Waals surface area contributed by atoms with Gasteiger partial charge >= 0.3 is 0 Å². The molecule has 0 unspecified atom stereocenters. The summed E-state index contributed by atoms with van der Waals surface area (Å²) >= 11 is 0. The summed E-state index contributed by atoms with van der Waals surface area (Å²) < 4.78 is 17.1. The van der Waals surface area contributed by atoms with Crippen molar-refractivity contribution in [1.29, 1.82) is 5.26 Å². The van der Waals surface area contributed by atoms with Gasteiger partial charge in [0.15, 0.2) is 0 Å². The molecule has 0 radical (unpaired) electrons. The van der Waals surface area contributed by atoms with Crippen molar-refractivity contribution in [3.05, 3.63) is 47.4 Å². The summed E-state index contributed by atoms with van der Waals surface area (Å²) in [6.07, 6.45) is 3.33. The van der Waals surface area contributed by atoms with Crippen molar-refractivity contribution in [2.75, 3.05) is 19.8 Å². The Balaban J connectivity index is 2.34. The lowest BCUT2D eigenvalue weighted by atomic mass is 9.80. The minimum absolute atomic E-state index is 0.136. The van der Waals surface area contributed by atoms with E-state index in [2.05, 4.69) is 11.4 Å². The van der Waals surface area contributed by atoms with Crippen LogP contribution in [0.15, 0.2) is 36.2 Å². The monoisotopic (exact) mass is 400 g/mol. The SMILES string of the molecule is CCO/C(=C/N[C@@H]1c2cc(C#N)ccc2OC(CC)(CC)[C@H]1O)COCC=C=O. The zero-order valence-electron chi connectivity index (χ0n) is 17.1. The predicted molar refractivity (Wildman–Crippen MR) is 108 cm³/mol. The van der Waals surface area contributed by atoms with Gasteiger partial charge in [0.1, 0.15) is 35.8 Å². The number of ether oxygens (including phenoxy) is 3. The highest BCUT2D eigenvalue weighted by Crippen LogP contribution is 2.43. The van der Waals surface area contributed by atoms with Crippen LogP contribution in [0.1, 0.15) is 50.8 Å². The van der Waals surface area contributed by atoms with Crippen LogP contribution in [0.3, 0.4) is 0 Å². The van der Waals surface area contributed by atoms with Crippen molar-refractivity contribution in [1.82, 2.24) is 5.32 Å². The predicted octanol–water partition coefficient (Wildman–Crippen LogP) is 2.78. The minimum Gasteiger partial charge on any atom is -0.494 e. The average molecular weight is 400 g/mol. The fraction of sp³-hybridized carbons (Fsp3) is 0.500. The van der Waals surface area contributed by atoms with Crippen LogP contribution in [0.4, 0.5) is 0 Å². The molecule has 2 N–H and O–H groups in total. The Morgan fingerprint density at radius 3 is 2.76 bits per heavy atom. The Hall–Kier alpha value is -2.78. The summed E-state index contributed by atoms with van der Waals surface area (Å²) in [5.41, 5.74) is 0.472. The molecule has 1 aliphatic heterocycles. The summed E-state index contributed by atoms with van der Waals surface area (Å²) in [4.78, 5) is 10.2. The van der Waals surface area contributed by atoms with Crippen LogP contribution in [0.2, 0.25) is 0 Å². The van der Waals surface area contributed by atoms with Crippen molar-refractivity contribution in [3.8, 4) is 11.8 Å². The van der Waals surface area contributed by atoms with Gasteiger partial charge in [0.05, 0.1) is 30.9 Å². The van der Waals surface area contributed by atoms with E-state index in [9.17, 15) is 15.2 Å². The molecule has 0 aromatic heterocycles. The smallest absolute Gasteiger partial charge is 0.137 e. The molecule has 29 heavy (non-hydrogen) atoms. The molecule has 7 nitrogen and oxygen atoms in total. The maximum Gasteiger partial charge on any atom is 0.137 e. The Kier molecular flexibility index (Phi) is 8.29. The molecule has 0 bridgehead atoms. The number of carbonyl (C=O) groups excluding carboxylic acids is 1. The van der Waals surface area contributed by atoms with Crippen LogP contribution in [-0.2, 0) is 14.3 Å². The minimum atomic E-state index is -0.836. The molecule has 0 aliphatic carbocycles. The summed E-state index contributed by atoms with van der Waals surface area (Å²) in [7, 11) is 0. The number of hydrogen-bond donors (Lipinski definition) is 2. The lowest BCUT2D eigenvalue weighted by molar-refractivity contribution is -0.0903. The van der Waals surface area contributed by atoms with E-state index in [4.69, 9.17) is 14.2 Å². The summed E-state index contributed by atoms with van der Waals surface area (Å²) in [6, 6.07) is 6.85. The van der Waals surface area contributed by atoms with Gasteiger partial charge in [-0.25, -0.2) is 4.79 Å². The highest BCUT2D eigenvalue weighted by Gasteiger charge is 2.47. The first-order valence-corrected chi connectivity index (χ1v) is 9.81. The average Bonchev–Trinajstić information content (AvgIpc) is 2.75.